The van der Waals surface area contributed by atoms with Crippen molar-refractivity contribution < 1.29 is 4.74 Å². The van der Waals surface area contributed by atoms with Crippen LogP contribution in [0.3, 0.4) is 0 Å². The fourth-order valence-electron chi connectivity index (χ4n) is 1.69. The van der Waals surface area contributed by atoms with Gasteiger partial charge in [0.15, 0.2) is 0 Å². The summed E-state index contributed by atoms with van der Waals surface area (Å²) in [5.74, 6) is 0. The molecule has 1 aromatic rings. The molecular formula is C12H23N3O. The molecule has 0 aromatic carbocycles. The molecule has 0 aliphatic rings. The van der Waals surface area contributed by atoms with E-state index in [1.54, 1.807) is 0 Å². The van der Waals surface area contributed by atoms with Crippen LogP contribution in [0.4, 0.5) is 0 Å². The quantitative estimate of drug-likeness (QED) is 0.849. The maximum atomic E-state index is 5.68. The SMILES string of the molecule is Cc1nn(CCOC(C)(C)C)c(C)c1CN. The van der Waals surface area contributed by atoms with Crippen LogP contribution >= 0.6 is 0 Å². The summed E-state index contributed by atoms with van der Waals surface area (Å²) in [6, 6.07) is 0. The molecule has 0 bridgehead atoms. The summed E-state index contributed by atoms with van der Waals surface area (Å²) in [6.45, 7) is 12.2. The molecule has 1 rings (SSSR count). The standard InChI is InChI=1S/C12H23N3O/c1-9-11(8-13)10(2)15(14-9)6-7-16-12(3,4)5/h6-8,13H2,1-5H3. The van der Waals surface area contributed by atoms with Gasteiger partial charge in [0.05, 0.1) is 24.4 Å². The first kappa shape index (κ1) is 13.2. The fourth-order valence-corrected chi connectivity index (χ4v) is 1.69. The molecule has 4 nitrogen and oxygen atoms in total. The highest BCUT2D eigenvalue weighted by atomic mass is 16.5. The number of hydrogen-bond acceptors (Lipinski definition) is 3. The third-order valence-electron chi connectivity index (χ3n) is 2.57. The number of rotatable bonds is 4. The van der Waals surface area contributed by atoms with Gasteiger partial charge < -0.3 is 10.5 Å². The summed E-state index contributed by atoms with van der Waals surface area (Å²) in [5, 5.41) is 4.46. The Morgan fingerprint density at radius 3 is 2.38 bits per heavy atom. The van der Waals surface area contributed by atoms with E-state index in [1.165, 1.54) is 0 Å². The van der Waals surface area contributed by atoms with Crippen LogP contribution in [-0.2, 0) is 17.8 Å². The van der Waals surface area contributed by atoms with Gasteiger partial charge in [-0.2, -0.15) is 5.10 Å². The van der Waals surface area contributed by atoms with Crippen molar-refractivity contribution >= 4 is 0 Å². The highest BCUT2D eigenvalue weighted by molar-refractivity contribution is 5.23. The molecule has 0 unspecified atom stereocenters. The maximum Gasteiger partial charge on any atom is 0.0669 e. The summed E-state index contributed by atoms with van der Waals surface area (Å²) in [7, 11) is 0. The van der Waals surface area contributed by atoms with Gasteiger partial charge in [-0.15, -0.1) is 0 Å². The third kappa shape index (κ3) is 3.32. The van der Waals surface area contributed by atoms with Gasteiger partial charge in [-0.05, 0) is 34.6 Å². The van der Waals surface area contributed by atoms with Crippen LogP contribution in [0, 0.1) is 13.8 Å². The van der Waals surface area contributed by atoms with Crippen LogP contribution in [0.25, 0.3) is 0 Å². The lowest BCUT2D eigenvalue weighted by Crippen LogP contribution is -2.22. The number of aryl methyl sites for hydroxylation is 1. The Morgan fingerprint density at radius 2 is 1.94 bits per heavy atom. The van der Waals surface area contributed by atoms with Gasteiger partial charge in [0.25, 0.3) is 0 Å². The molecule has 0 saturated carbocycles. The van der Waals surface area contributed by atoms with E-state index in [0.29, 0.717) is 13.2 Å². The van der Waals surface area contributed by atoms with E-state index in [0.717, 1.165) is 23.5 Å². The van der Waals surface area contributed by atoms with E-state index < -0.39 is 0 Å². The summed E-state index contributed by atoms with van der Waals surface area (Å²) in [5.41, 5.74) is 8.91. The molecule has 0 spiro atoms. The molecule has 1 heterocycles. The van der Waals surface area contributed by atoms with E-state index in [2.05, 4.69) is 32.8 Å². The Labute approximate surface area is 97.8 Å². The van der Waals surface area contributed by atoms with Gasteiger partial charge in [0, 0.05) is 17.8 Å². The minimum Gasteiger partial charge on any atom is -0.374 e. The van der Waals surface area contributed by atoms with E-state index in [-0.39, 0.29) is 5.60 Å². The van der Waals surface area contributed by atoms with Crippen molar-refractivity contribution in [3.05, 3.63) is 17.0 Å². The van der Waals surface area contributed by atoms with Gasteiger partial charge in [0.1, 0.15) is 0 Å². The first-order chi connectivity index (χ1) is 7.35. The van der Waals surface area contributed by atoms with Gasteiger partial charge in [0.2, 0.25) is 0 Å². The zero-order chi connectivity index (χ0) is 12.3. The van der Waals surface area contributed by atoms with Crippen molar-refractivity contribution in [3.8, 4) is 0 Å². The molecule has 0 fully saturated rings. The van der Waals surface area contributed by atoms with Gasteiger partial charge >= 0.3 is 0 Å². The lowest BCUT2D eigenvalue weighted by molar-refractivity contribution is -0.00810. The predicted octanol–water partition coefficient (Wildman–Crippen LogP) is 1.77. The second kappa shape index (κ2) is 4.97. The second-order valence-corrected chi connectivity index (χ2v) is 5.04. The highest BCUT2D eigenvalue weighted by Crippen LogP contribution is 2.12. The zero-order valence-electron chi connectivity index (χ0n) is 11.0. The Morgan fingerprint density at radius 1 is 1.31 bits per heavy atom. The molecule has 2 N–H and O–H groups in total. The molecule has 0 radical (unpaired) electrons. The smallest absolute Gasteiger partial charge is 0.0669 e. The minimum atomic E-state index is -0.0905. The van der Waals surface area contributed by atoms with Crippen molar-refractivity contribution in [2.24, 2.45) is 5.73 Å². The highest BCUT2D eigenvalue weighted by Gasteiger charge is 2.12. The largest absolute Gasteiger partial charge is 0.374 e. The Balaban J connectivity index is 2.61. The average Bonchev–Trinajstić information content (AvgIpc) is 2.40. The number of hydrogen-bond donors (Lipinski definition) is 1. The van der Waals surface area contributed by atoms with Crippen molar-refractivity contribution in [1.82, 2.24) is 9.78 Å². The maximum absolute atomic E-state index is 5.68. The van der Waals surface area contributed by atoms with Crippen LogP contribution in [0.2, 0.25) is 0 Å². The topological polar surface area (TPSA) is 53.1 Å². The van der Waals surface area contributed by atoms with Crippen molar-refractivity contribution in [2.75, 3.05) is 6.61 Å². The Hall–Kier alpha value is -0.870. The monoisotopic (exact) mass is 225 g/mol. The molecule has 4 heteroatoms. The Bertz CT molecular complexity index is 350. The average molecular weight is 225 g/mol. The lowest BCUT2D eigenvalue weighted by atomic mass is 10.2. The van der Waals surface area contributed by atoms with E-state index in [4.69, 9.17) is 10.5 Å². The van der Waals surface area contributed by atoms with Crippen LogP contribution in [-0.4, -0.2) is 22.0 Å². The fraction of sp³-hybridized carbons (Fsp3) is 0.750. The zero-order valence-corrected chi connectivity index (χ0v) is 11.0. The molecule has 0 aliphatic heterocycles. The van der Waals surface area contributed by atoms with Gasteiger partial charge in [-0.3, -0.25) is 4.68 Å². The third-order valence-corrected chi connectivity index (χ3v) is 2.57. The van der Waals surface area contributed by atoms with Gasteiger partial charge in [-0.1, -0.05) is 0 Å². The molecule has 0 amide bonds. The van der Waals surface area contributed by atoms with Crippen molar-refractivity contribution in [1.29, 1.82) is 0 Å². The first-order valence-electron chi connectivity index (χ1n) is 5.72. The van der Waals surface area contributed by atoms with Gasteiger partial charge in [-0.25, -0.2) is 0 Å². The first-order valence-corrected chi connectivity index (χ1v) is 5.72. The summed E-state index contributed by atoms with van der Waals surface area (Å²) >= 11 is 0. The van der Waals surface area contributed by atoms with Crippen LogP contribution < -0.4 is 5.73 Å². The summed E-state index contributed by atoms with van der Waals surface area (Å²) < 4.78 is 7.65. The Kier molecular flexibility index (Phi) is 4.10. The van der Waals surface area contributed by atoms with Crippen molar-refractivity contribution in [3.63, 3.8) is 0 Å². The summed E-state index contributed by atoms with van der Waals surface area (Å²) in [6.07, 6.45) is 0. The van der Waals surface area contributed by atoms with Crippen LogP contribution in [0.15, 0.2) is 0 Å². The van der Waals surface area contributed by atoms with E-state index >= 15 is 0 Å². The van der Waals surface area contributed by atoms with Crippen LogP contribution in [0.1, 0.15) is 37.7 Å². The van der Waals surface area contributed by atoms with E-state index in [9.17, 15) is 0 Å². The number of aromatic nitrogens is 2. The molecule has 1 aromatic heterocycles. The molecule has 0 saturated heterocycles. The molecule has 92 valence electrons. The summed E-state index contributed by atoms with van der Waals surface area (Å²) in [4.78, 5) is 0. The predicted molar refractivity (Wildman–Crippen MR) is 65.3 cm³/mol. The minimum absolute atomic E-state index is 0.0905. The molecular weight excluding hydrogens is 202 g/mol. The number of ether oxygens (including phenoxy) is 1. The van der Waals surface area contributed by atoms with Crippen LogP contribution in [0.5, 0.6) is 0 Å². The molecule has 0 atom stereocenters. The van der Waals surface area contributed by atoms with E-state index in [1.807, 2.05) is 11.6 Å². The number of nitrogens with two attached hydrogens (primary N) is 1. The molecule has 0 aliphatic carbocycles. The number of nitrogens with zero attached hydrogens (tertiary/aromatic N) is 2. The molecule has 16 heavy (non-hydrogen) atoms. The van der Waals surface area contributed by atoms with Crippen molar-refractivity contribution in [2.45, 2.75) is 53.3 Å². The lowest BCUT2D eigenvalue weighted by Gasteiger charge is -2.19. The second-order valence-electron chi connectivity index (χ2n) is 5.04. The normalized spacial score (nSPS) is 12.1.